The SMILES string of the molecule is Cc1nc2ccccc2n1[C@H]1C[C@H]2CC[C@@H](C1)N2CCC1(c2ccccc2)CCN(C(=O)c2cncc(C(N)=O)c2)CC1. The monoisotopic (exact) mass is 576 g/mol. The number of likely N-dealkylation sites (tertiary alicyclic amines) is 1. The van der Waals surface area contributed by atoms with E-state index in [-0.39, 0.29) is 16.9 Å². The van der Waals surface area contributed by atoms with E-state index in [1.54, 1.807) is 6.07 Å². The third-order valence-electron chi connectivity index (χ3n) is 10.5. The largest absolute Gasteiger partial charge is 0.366 e. The average Bonchev–Trinajstić information content (AvgIpc) is 3.50. The highest BCUT2D eigenvalue weighted by atomic mass is 16.2. The van der Waals surface area contributed by atoms with Crippen LogP contribution < -0.4 is 5.73 Å². The van der Waals surface area contributed by atoms with Crippen molar-refractivity contribution in [1.29, 1.82) is 0 Å². The van der Waals surface area contributed by atoms with E-state index < -0.39 is 5.91 Å². The van der Waals surface area contributed by atoms with Crippen molar-refractivity contribution in [2.24, 2.45) is 5.73 Å². The van der Waals surface area contributed by atoms with E-state index in [1.807, 2.05) is 4.90 Å². The molecule has 3 aliphatic rings. The van der Waals surface area contributed by atoms with Gasteiger partial charge in [0.25, 0.3) is 5.91 Å². The summed E-state index contributed by atoms with van der Waals surface area (Å²) < 4.78 is 2.50. The van der Waals surface area contributed by atoms with Gasteiger partial charge in [0.05, 0.1) is 22.2 Å². The number of piperidine rings is 2. The number of benzene rings is 2. The molecule has 7 rings (SSSR count). The third-order valence-corrected chi connectivity index (χ3v) is 10.5. The number of aryl methyl sites for hydroxylation is 1. The Labute approximate surface area is 252 Å². The summed E-state index contributed by atoms with van der Waals surface area (Å²) in [6.45, 7) is 4.59. The molecule has 8 nitrogen and oxygen atoms in total. The van der Waals surface area contributed by atoms with Gasteiger partial charge in [-0.3, -0.25) is 19.5 Å². The van der Waals surface area contributed by atoms with Crippen molar-refractivity contribution in [3.63, 3.8) is 0 Å². The third kappa shape index (κ3) is 5.12. The van der Waals surface area contributed by atoms with E-state index in [1.165, 1.54) is 49.2 Å². The summed E-state index contributed by atoms with van der Waals surface area (Å²) in [6, 6.07) is 22.7. The number of rotatable bonds is 7. The zero-order valence-corrected chi connectivity index (χ0v) is 24.9. The number of imidazole rings is 1. The second-order valence-electron chi connectivity index (χ2n) is 12.8. The maximum Gasteiger partial charge on any atom is 0.255 e. The molecule has 4 aromatic rings. The Hall–Kier alpha value is -4.04. The molecule has 0 aliphatic carbocycles. The second kappa shape index (κ2) is 11.2. The van der Waals surface area contributed by atoms with E-state index in [2.05, 4.69) is 76.0 Å². The van der Waals surface area contributed by atoms with Gasteiger partial charge in [0.2, 0.25) is 5.91 Å². The molecule has 222 valence electrons. The number of nitrogens with zero attached hydrogens (tertiary/aromatic N) is 5. The Morgan fingerprint density at radius 2 is 1.58 bits per heavy atom. The molecule has 8 heteroatoms. The van der Waals surface area contributed by atoms with Crippen LogP contribution in [-0.4, -0.2) is 67.9 Å². The van der Waals surface area contributed by atoms with E-state index in [0.29, 0.717) is 36.8 Å². The standard InChI is InChI=1S/C35H40N6O2/c1-24-38-31-9-5-6-10-32(31)41(24)30-20-28-11-12-29(21-30)40(28)18-15-35(27-7-3-2-4-8-27)13-16-39(17-14-35)34(43)26-19-25(33(36)42)22-37-23-26/h2-10,19,22-23,28-30H,11-18,20-21H2,1H3,(H2,36,42)/t28-,29+,30+. The van der Waals surface area contributed by atoms with Gasteiger partial charge in [-0.1, -0.05) is 42.5 Å². The van der Waals surface area contributed by atoms with Crippen molar-refractivity contribution >= 4 is 22.8 Å². The van der Waals surface area contributed by atoms with E-state index >= 15 is 0 Å². The highest BCUT2D eigenvalue weighted by molar-refractivity contribution is 5.98. The van der Waals surface area contributed by atoms with Crippen molar-refractivity contribution in [3.05, 3.63) is 95.6 Å². The lowest BCUT2D eigenvalue weighted by atomic mass is 9.70. The van der Waals surface area contributed by atoms with Crippen molar-refractivity contribution in [1.82, 2.24) is 24.3 Å². The summed E-state index contributed by atoms with van der Waals surface area (Å²) in [5.74, 6) is 0.468. The predicted octanol–water partition coefficient (Wildman–Crippen LogP) is 5.27. The van der Waals surface area contributed by atoms with Crippen LogP contribution in [0.25, 0.3) is 11.0 Å². The molecule has 2 aromatic heterocycles. The first kappa shape index (κ1) is 27.8. The number of aromatic nitrogens is 3. The van der Waals surface area contributed by atoms with Gasteiger partial charge in [-0.15, -0.1) is 0 Å². The minimum Gasteiger partial charge on any atom is -0.366 e. The molecule has 0 spiro atoms. The molecule has 3 saturated heterocycles. The molecule has 2 aromatic carbocycles. The lowest BCUT2D eigenvalue weighted by Crippen LogP contribution is -2.49. The van der Waals surface area contributed by atoms with Gasteiger partial charge < -0.3 is 15.2 Å². The summed E-state index contributed by atoms with van der Waals surface area (Å²) in [6.07, 6.45) is 10.7. The Morgan fingerprint density at radius 3 is 2.30 bits per heavy atom. The van der Waals surface area contributed by atoms with Crippen LogP contribution in [0.5, 0.6) is 0 Å². The number of primary amides is 1. The quantitative estimate of drug-likeness (QED) is 0.323. The van der Waals surface area contributed by atoms with Gasteiger partial charge in [-0.2, -0.15) is 0 Å². The number of pyridine rings is 1. The van der Waals surface area contributed by atoms with Crippen LogP contribution in [0.2, 0.25) is 0 Å². The number of amides is 2. The van der Waals surface area contributed by atoms with E-state index in [9.17, 15) is 9.59 Å². The number of carbonyl (C=O) groups is 2. The molecule has 3 fully saturated rings. The summed E-state index contributed by atoms with van der Waals surface area (Å²) in [5.41, 5.74) is 9.87. The molecular formula is C35H40N6O2. The fourth-order valence-corrected chi connectivity index (χ4v) is 8.28. The van der Waals surface area contributed by atoms with Crippen molar-refractivity contribution in [2.45, 2.75) is 75.4 Å². The summed E-state index contributed by atoms with van der Waals surface area (Å²) in [5, 5.41) is 0. The van der Waals surface area contributed by atoms with Gasteiger partial charge in [-0.05, 0) is 87.6 Å². The molecular weight excluding hydrogens is 536 g/mol. The fraction of sp³-hybridized carbons (Fsp3) is 0.429. The number of hydrogen-bond acceptors (Lipinski definition) is 5. The van der Waals surface area contributed by atoms with Gasteiger partial charge in [0.1, 0.15) is 5.82 Å². The predicted molar refractivity (Wildman–Crippen MR) is 167 cm³/mol. The maximum absolute atomic E-state index is 13.4. The van der Waals surface area contributed by atoms with E-state index in [0.717, 1.165) is 37.1 Å². The average molecular weight is 577 g/mol. The van der Waals surface area contributed by atoms with Crippen LogP contribution >= 0.6 is 0 Å². The number of carbonyl (C=O) groups excluding carboxylic acids is 2. The molecule has 2 N–H and O–H groups in total. The topological polar surface area (TPSA) is 97.3 Å². The maximum atomic E-state index is 13.4. The second-order valence-corrected chi connectivity index (χ2v) is 12.8. The Balaban J connectivity index is 1.06. The zero-order valence-electron chi connectivity index (χ0n) is 24.9. The lowest BCUT2D eigenvalue weighted by Gasteiger charge is -2.45. The minimum absolute atomic E-state index is 0.0266. The molecule has 5 heterocycles. The van der Waals surface area contributed by atoms with Crippen molar-refractivity contribution < 1.29 is 9.59 Å². The molecule has 2 bridgehead atoms. The van der Waals surface area contributed by atoms with Gasteiger partial charge in [-0.25, -0.2) is 4.98 Å². The lowest BCUT2D eigenvalue weighted by molar-refractivity contribution is 0.0606. The zero-order chi connectivity index (χ0) is 29.6. The van der Waals surface area contributed by atoms with Crippen molar-refractivity contribution in [2.75, 3.05) is 19.6 Å². The Bertz CT molecular complexity index is 1630. The minimum atomic E-state index is -0.574. The first-order valence-electron chi connectivity index (χ1n) is 15.7. The highest BCUT2D eigenvalue weighted by Gasteiger charge is 2.44. The Kier molecular flexibility index (Phi) is 7.25. The summed E-state index contributed by atoms with van der Waals surface area (Å²) >= 11 is 0. The summed E-state index contributed by atoms with van der Waals surface area (Å²) in [4.78, 5) is 38.7. The smallest absolute Gasteiger partial charge is 0.255 e. The van der Waals surface area contributed by atoms with Crippen LogP contribution in [0.1, 0.15) is 83.1 Å². The van der Waals surface area contributed by atoms with Crippen LogP contribution in [0.15, 0.2) is 73.1 Å². The van der Waals surface area contributed by atoms with Crippen LogP contribution in [0, 0.1) is 6.92 Å². The first-order chi connectivity index (χ1) is 20.9. The normalized spacial score (nSPS) is 23.5. The van der Waals surface area contributed by atoms with Gasteiger partial charge >= 0.3 is 0 Å². The van der Waals surface area contributed by atoms with Gasteiger partial charge in [0, 0.05) is 43.6 Å². The number of nitrogens with two attached hydrogens (primary N) is 1. The molecule has 0 radical (unpaired) electrons. The molecule has 3 aliphatic heterocycles. The fourth-order valence-electron chi connectivity index (χ4n) is 8.28. The van der Waals surface area contributed by atoms with Crippen LogP contribution in [0.4, 0.5) is 0 Å². The molecule has 0 saturated carbocycles. The van der Waals surface area contributed by atoms with Crippen molar-refractivity contribution in [3.8, 4) is 0 Å². The number of fused-ring (bicyclic) bond motifs is 3. The Morgan fingerprint density at radius 1 is 0.907 bits per heavy atom. The summed E-state index contributed by atoms with van der Waals surface area (Å²) in [7, 11) is 0. The van der Waals surface area contributed by atoms with Gasteiger partial charge in [0.15, 0.2) is 0 Å². The number of para-hydroxylation sites is 2. The van der Waals surface area contributed by atoms with Crippen LogP contribution in [-0.2, 0) is 5.41 Å². The first-order valence-corrected chi connectivity index (χ1v) is 15.7. The van der Waals surface area contributed by atoms with Crippen LogP contribution in [0.3, 0.4) is 0 Å². The molecule has 0 unspecified atom stereocenters. The molecule has 43 heavy (non-hydrogen) atoms. The molecule has 2 amide bonds. The highest BCUT2D eigenvalue weighted by Crippen LogP contribution is 2.45. The van der Waals surface area contributed by atoms with E-state index in [4.69, 9.17) is 10.7 Å². The molecule has 3 atom stereocenters. The number of hydrogen-bond donors (Lipinski definition) is 1.